The first-order valence-corrected chi connectivity index (χ1v) is 4.91. The minimum Gasteiger partial charge on any atom is -0.298 e. The quantitative estimate of drug-likeness (QED) is 0.843. The maximum absolute atomic E-state index is 12.4. The molecular formula is C10H6ClF3N2O. The van der Waals surface area contributed by atoms with E-state index >= 15 is 0 Å². The van der Waals surface area contributed by atoms with Crippen LogP contribution < -0.4 is 5.56 Å². The maximum atomic E-state index is 12.4. The topological polar surface area (TPSA) is 37.8 Å². The highest BCUT2D eigenvalue weighted by Gasteiger charge is 2.35. The molecule has 1 aromatic carbocycles. The number of aromatic nitrogens is 2. The third-order valence-electron chi connectivity index (χ3n) is 2.14. The number of aromatic amines is 1. The van der Waals surface area contributed by atoms with E-state index in [9.17, 15) is 18.0 Å². The zero-order chi connectivity index (χ0) is 12.6. The minimum absolute atomic E-state index is 0.248. The van der Waals surface area contributed by atoms with Crippen LogP contribution in [-0.4, -0.2) is 9.78 Å². The summed E-state index contributed by atoms with van der Waals surface area (Å²) in [5, 5.41) is 2.58. The van der Waals surface area contributed by atoms with Gasteiger partial charge in [-0.25, -0.2) is 4.68 Å². The lowest BCUT2D eigenvalue weighted by Gasteiger charge is -2.02. The second-order valence-electron chi connectivity index (χ2n) is 3.31. The van der Waals surface area contributed by atoms with Crippen LogP contribution in [0, 0.1) is 0 Å². The molecule has 0 aliphatic rings. The van der Waals surface area contributed by atoms with Gasteiger partial charge in [0.2, 0.25) is 0 Å². The van der Waals surface area contributed by atoms with Gasteiger partial charge < -0.3 is 0 Å². The lowest BCUT2D eigenvalue weighted by molar-refractivity contribution is -0.138. The number of benzene rings is 1. The molecule has 0 atom stereocenters. The van der Waals surface area contributed by atoms with Crippen LogP contribution in [0.2, 0.25) is 5.02 Å². The first kappa shape index (κ1) is 11.8. The fraction of sp³-hybridized carbons (Fsp3) is 0.100. The molecule has 0 radical (unpaired) electrons. The molecule has 0 fully saturated rings. The summed E-state index contributed by atoms with van der Waals surface area (Å²) in [6.07, 6.45) is -4.04. The van der Waals surface area contributed by atoms with E-state index in [-0.39, 0.29) is 5.69 Å². The Hall–Kier alpha value is -1.69. The van der Waals surface area contributed by atoms with Crippen molar-refractivity contribution in [3.63, 3.8) is 0 Å². The van der Waals surface area contributed by atoms with Crippen LogP contribution in [0.4, 0.5) is 13.2 Å². The number of nitrogens with one attached hydrogen (secondary N) is 1. The van der Waals surface area contributed by atoms with E-state index in [0.717, 1.165) is 4.68 Å². The lowest BCUT2D eigenvalue weighted by Crippen LogP contribution is -2.22. The summed E-state index contributed by atoms with van der Waals surface area (Å²) in [4.78, 5) is 11.5. The van der Waals surface area contributed by atoms with Crippen LogP contribution in [0.5, 0.6) is 0 Å². The number of nitrogens with zero attached hydrogens (tertiary/aromatic N) is 1. The molecule has 90 valence electrons. The predicted octanol–water partition coefficient (Wildman–Crippen LogP) is 2.84. The highest BCUT2D eigenvalue weighted by atomic mass is 35.5. The van der Waals surface area contributed by atoms with Crippen molar-refractivity contribution in [2.24, 2.45) is 0 Å². The highest BCUT2D eigenvalue weighted by molar-refractivity contribution is 6.30. The van der Waals surface area contributed by atoms with Gasteiger partial charge in [-0.15, -0.1) is 0 Å². The van der Waals surface area contributed by atoms with Crippen molar-refractivity contribution in [2.75, 3.05) is 0 Å². The molecule has 2 aromatic rings. The average Bonchev–Trinajstić information content (AvgIpc) is 2.59. The SMILES string of the molecule is O=c1c(C(F)(F)F)c[nH]n1-c1cccc(Cl)c1. The Bertz CT molecular complexity index is 600. The van der Waals surface area contributed by atoms with Crippen molar-refractivity contribution in [1.29, 1.82) is 0 Å². The average molecular weight is 263 g/mol. The Morgan fingerprint density at radius 2 is 2.00 bits per heavy atom. The van der Waals surface area contributed by atoms with Crippen LogP contribution in [0.15, 0.2) is 35.3 Å². The Morgan fingerprint density at radius 1 is 1.29 bits per heavy atom. The van der Waals surface area contributed by atoms with Gasteiger partial charge in [0.15, 0.2) is 0 Å². The molecule has 0 spiro atoms. The Kier molecular flexibility index (Phi) is 2.74. The lowest BCUT2D eigenvalue weighted by atomic mass is 10.3. The second kappa shape index (κ2) is 3.96. The van der Waals surface area contributed by atoms with E-state index in [1.807, 2.05) is 0 Å². The standard InChI is InChI=1S/C10H6ClF3N2O/c11-6-2-1-3-7(4-6)16-9(17)8(5-15-16)10(12,13)14/h1-5,15H. The number of rotatable bonds is 1. The molecule has 0 saturated carbocycles. The summed E-state index contributed by atoms with van der Waals surface area (Å²) >= 11 is 5.69. The highest BCUT2D eigenvalue weighted by Crippen LogP contribution is 2.26. The van der Waals surface area contributed by atoms with Crippen LogP contribution in [0.1, 0.15) is 5.56 Å². The summed E-state index contributed by atoms with van der Waals surface area (Å²) in [7, 11) is 0. The summed E-state index contributed by atoms with van der Waals surface area (Å²) in [5.74, 6) is 0. The molecule has 0 aliphatic heterocycles. The van der Waals surface area contributed by atoms with Gasteiger partial charge in [-0.1, -0.05) is 17.7 Å². The van der Waals surface area contributed by atoms with E-state index in [4.69, 9.17) is 11.6 Å². The van der Waals surface area contributed by atoms with E-state index in [2.05, 4.69) is 5.10 Å². The molecule has 7 heteroatoms. The summed E-state index contributed by atoms with van der Waals surface area (Å²) in [5.41, 5.74) is -2.14. The molecule has 1 N–H and O–H groups in total. The van der Waals surface area contributed by atoms with Crippen LogP contribution in [0.3, 0.4) is 0 Å². The third kappa shape index (κ3) is 2.21. The Labute approximate surface area is 98.4 Å². The molecule has 3 nitrogen and oxygen atoms in total. The van der Waals surface area contributed by atoms with E-state index < -0.39 is 17.3 Å². The largest absolute Gasteiger partial charge is 0.423 e. The van der Waals surface area contributed by atoms with Crippen molar-refractivity contribution in [3.05, 3.63) is 51.4 Å². The van der Waals surface area contributed by atoms with Gasteiger partial charge in [0, 0.05) is 11.2 Å². The molecule has 0 aliphatic carbocycles. The van der Waals surface area contributed by atoms with Crippen LogP contribution in [0.25, 0.3) is 5.69 Å². The molecule has 1 aromatic heterocycles. The smallest absolute Gasteiger partial charge is 0.298 e. The Balaban J connectivity index is 2.56. The third-order valence-corrected chi connectivity index (χ3v) is 2.38. The first-order chi connectivity index (χ1) is 7.89. The van der Waals surface area contributed by atoms with Gasteiger partial charge >= 0.3 is 6.18 Å². The number of hydrogen-bond acceptors (Lipinski definition) is 1. The van der Waals surface area contributed by atoms with Crippen LogP contribution in [-0.2, 0) is 6.18 Å². The van der Waals surface area contributed by atoms with E-state index in [0.29, 0.717) is 11.2 Å². The second-order valence-corrected chi connectivity index (χ2v) is 3.74. The van der Waals surface area contributed by atoms with E-state index in [1.54, 1.807) is 6.07 Å². The fourth-order valence-electron chi connectivity index (χ4n) is 1.38. The molecule has 0 saturated heterocycles. The van der Waals surface area contributed by atoms with Crippen molar-refractivity contribution < 1.29 is 13.2 Å². The summed E-state index contributed by atoms with van der Waals surface area (Å²) < 4.78 is 38.0. The first-order valence-electron chi connectivity index (χ1n) is 4.53. The van der Waals surface area contributed by atoms with Crippen molar-refractivity contribution in [2.45, 2.75) is 6.18 Å². The van der Waals surface area contributed by atoms with Gasteiger partial charge in [-0.3, -0.25) is 9.89 Å². The van der Waals surface area contributed by atoms with Crippen molar-refractivity contribution in [1.82, 2.24) is 9.78 Å². The molecule has 0 bridgehead atoms. The number of H-pyrrole nitrogens is 1. The predicted molar refractivity (Wildman–Crippen MR) is 56.4 cm³/mol. The molecule has 0 unspecified atom stereocenters. The molecule has 1 heterocycles. The van der Waals surface area contributed by atoms with Gasteiger partial charge in [0.25, 0.3) is 5.56 Å². The molecule has 0 amide bonds. The Morgan fingerprint density at radius 3 is 2.53 bits per heavy atom. The van der Waals surface area contributed by atoms with Gasteiger partial charge in [-0.2, -0.15) is 13.2 Å². The molecule has 17 heavy (non-hydrogen) atoms. The summed E-state index contributed by atoms with van der Waals surface area (Å²) in [6, 6.07) is 5.96. The van der Waals surface area contributed by atoms with E-state index in [1.165, 1.54) is 18.2 Å². The van der Waals surface area contributed by atoms with Crippen molar-refractivity contribution in [3.8, 4) is 5.69 Å². The normalized spacial score (nSPS) is 11.8. The fourth-order valence-corrected chi connectivity index (χ4v) is 1.56. The summed E-state index contributed by atoms with van der Waals surface area (Å²) in [6.45, 7) is 0. The molecule has 2 rings (SSSR count). The monoisotopic (exact) mass is 262 g/mol. The molecular weight excluding hydrogens is 257 g/mol. The van der Waals surface area contributed by atoms with Gasteiger partial charge in [0.05, 0.1) is 5.69 Å². The number of alkyl halides is 3. The maximum Gasteiger partial charge on any atom is 0.423 e. The zero-order valence-electron chi connectivity index (χ0n) is 8.25. The number of hydrogen-bond donors (Lipinski definition) is 1. The zero-order valence-corrected chi connectivity index (χ0v) is 9.01. The van der Waals surface area contributed by atoms with Gasteiger partial charge in [-0.05, 0) is 18.2 Å². The van der Waals surface area contributed by atoms with Gasteiger partial charge in [0.1, 0.15) is 5.56 Å². The minimum atomic E-state index is -4.67. The van der Waals surface area contributed by atoms with Crippen molar-refractivity contribution >= 4 is 11.6 Å². The number of halogens is 4. The van der Waals surface area contributed by atoms with Crippen LogP contribution >= 0.6 is 11.6 Å².